The first-order chi connectivity index (χ1) is 7.30. The molecule has 1 heterocycles. The van der Waals surface area contributed by atoms with Crippen molar-refractivity contribution in [1.82, 2.24) is 14.8 Å². The highest BCUT2D eigenvalue weighted by Gasteiger charge is 2.30. The molecule has 1 atom stereocenters. The molecule has 3 N–H and O–H groups in total. The highest BCUT2D eigenvalue weighted by atomic mass is 32.2. The van der Waals surface area contributed by atoms with Gasteiger partial charge in [-0.05, 0) is 20.3 Å². The Hall–Kier alpha value is -0.990. The molecular formula is C8H15N3O4S. The lowest BCUT2D eigenvalue weighted by Gasteiger charge is -2.22. The van der Waals surface area contributed by atoms with Crippen molar-refractivity contribution in [1.29, 1.82) is 0 Å². The number of hydrogen-bond acceptors (Lipinski definition) is 4. The number of amides is 2. The zero-order valence-corrected chi connectivity index (χ0v) is 9.93. The Morgan fingerprint density at radius 3 is 2.50 bits per heavy atom. The van der Waals surface area contributed by atoms with Gasteiger partial charge in [0.15, 0.2) is 0 Å². The third kappa shape index (κ3) is 3.87. The van der Waals surface area contributed by atoms with Gasteiger partial charge >= 0.3 is 0 Å². The molecule has 1 fully saturated rings. The Kier molecular flexibility index (Phi) is 4.00. The van der Waals surface area contributed by atoms with Crippen molar-refractivity contribution in [2.45, 2.75) is 38.8 Å². The Bertz CT molecular complexity index is 390. The van der Waals surface area contributed by atoms with Crippen LogP contribution in [0.25, 0.3) is 0 Å². The first kappa shape index (κ1) is 13.1. The molecule has 0 saturated carbocycles. The summed E-state index contributed by atoms with van der Waals surface area (Å²) in [5.41, 5.74) is 0. The number of carbonyl (C=O) groups excluding carboxylic acids is 2. The van der Waals surface area contributed by atoms with Crippen LogP contribution in [-0.2, 0) is 19.8 Å². The van der Waals surface area contributed by atoms with Crippen molar-refractivity contribution >= 4 is 22.0 Å². The maximum Gasteiger partial charge on any atom is 0.277 e. The number of imide groups is 1. The topological polar surface area (TPSA) is 104 Å². The molecule has 0 spiro atoms. The average Bonchev–Trinajstić information content (AvgIpc) is 2.07. The van der Waals surface area contributed by atoms with Crippen LogP contribution >= 0.6 is 0 Å². The van der Waals surface area contributed by atoms with Crippen LogP contribution in [0, 0.1) is 0 Å². The van der Waals surface area contributed by atoms with Crippen molar-refractivity contribution in [2.24, 2.45) is 0 Å². The van der Waals surface area contributed by atoms with E-state index in [2.05, 4.69) is 14.8 Å². The molecule has 0 aliphatic carbocycles. The summed E-state index contributed by atoms with van der Waals surface area (Å²) in [7, 11) is -3.70. The Balaban J connectivity index is 2.60. The van der Waals surface area contributed by atoms with Gasteiger partial charge in [0, 0.05) is 12.5 Å². The summed E-state index contributed by atoms with van der Waals surface area (Å²) in [6.07, 6.45) is 0.324. The van der Waals surface area contributed by atoms with Gasteiger partial charge in [0.1, 0.15) is 6.04 Å². The molecule has 1 rings (SSSR count). The molecule has 8 heteroatoms. The predicted molar refractivity (Wildman–Crippen MR) is 56.5 cm³/mol. The van der Waals surface area contributed by atoms with Crippen LogP contribution in [0.4, 0.5) is 0 Å². The molecule has 2 amide bonds. The van der Waals surface area contributed by atoms with Gasteiger partial charge in [0.25, 0.3) is 10.2 Å². The Labute approximate surface area is 94.2 Å². The second kappa shape index (κ2) is 4.89. The quantitative estimate of drug-likeness (QED) is 0.534. The number of hydrogen-bond donors (Lipinski definition) is 3. The zero-order chi connectivity index (χ0) is 12.3. The molecule has 1 aliphatic rings. The number of piperidine rings is 1. The number of rotatable bonds is 4. The van der Waals surface area contributed by atoms with Crippen molar-refractivity contribution in [3.05, 3.63) is 0 Å². The van der Waals surface area contributed by atoms with E-state index in [0.717, 1.165) is 0 Å². The van der Waals surface area contributed by atoms with Crippen molar-refractivity contribution in [2.75, 3.05) is 0 Å². The molecule has 16 heavy (non-hydrogen) atoms. The third-order valence-electron chi connectivity index (χ3n) is 1.93. The molecular weight excluding hydrogens is 234 g/mol. The molecule has 0 aromatic rings. The summed E-state index contributed by atoms with van der Waals surface area (Å²) in [4.78, 5) is 22.1. The summed E-state index contributed by atoms with van der Waals surface area (Å²) < 4.78 is 27.4. The van der Waals surface area contributed by atoms with Gasteiger partial charge in [-0.2, -0.15) is 17.9 Å². The summed E-state index contributed by atoms with van der Waals surface area (Å²) in [6.45, 7) is 3.34. The van der Waals surface area contributed by atoms with E-state index in [-0.39, 0.29) is 24.8 Å². The van der Waals surface area contributed by atoms with Crippen LogP contribution in [0.5, 0.6) is 0 Å². The lowest BCUT2D eigenvalue weighted by atomic mass is 10.1. The number of carbonyl (C=O) groups is 2. The lowest BCUT2D eigenvalue weighted by molar-refractivity contribution is -0.134. The maximum atomic E-state index is 11.4. The molecule has 1 unspecified atom stereocenters. The molecule has 0 aromatic carbocycles. The van der Waals surface area contributed by atoms with Crippen LogP contribution in [0.15, 0.2) is 0 Å². The van der Waals surface area contributed by atoms with E-state index < -0.39 is 22.2 Å². The van der Waals surface area contributed by atoms with Crippen LogP contribution < -0.4 is 14.8 Å². The first-order valence-electron chi connectivity index (χ1n) is 4.93. The van der Waals surface area contributed by atoms with Crippen molar-refractivity contribution in [3.63, 3.8) is 0 Å². The van der Waals surface area contributed by atoms with Gasteiger partial charge < -0.3 is 0 Å². The smallest absolute Gasteiger partial charge is 0.277 e. The van der Waals surface area contributed by atoms with E-state index in [1.807, 2.05) is 0 Å². The standard InChI is InChI=1S/C8H15N3O4S/c1-5(2)10-16(14,15)11-6-3-4-7(12)9-8(6)13/h5-6,10-11H,3-4H2,1-2H3,(H,9,12,13). The summed E-state index contributed by atoms with van der Waals surface area (Å²) in [5, 5.41) is 2.07. The second-order valence-corrected chi connectivity index (χ2v) is 5.38. The highest BCUT2D eigenvalue weighted by Crippen LogP contribution is 2.05. The van der Waals surface area contributed by atoms with Gasteiger partial charge in [-0.1, -0.05) is 0 Å². The lowest BCUT2D eigenvalue weighted by Crippen LogP contribution is -2.55. The fraction of sp³-hybridized carbons (Fsp3) is 0.750. The summed E-state index contributed by atoms with van der Waals surface area (Å²) in [5.74, 6) is -0.984. The molecule has 7 nitrogen and oxygen atoms in total. The molecule has 92 valence electrons. The normalized spacial score (nSPS) is 22.3. The van der Waals surface area contributed by atoms with Crippen LogP contribution in [0.3, 0.4) is 0 Å². The van der Waals surface area contributed by atoms with E-state index in [0.29, 0.717) is 0 Å². The van der Waals surface area contributed by atoms with Gasteiger partial charge in [0.2, 0.25) is 11.8 Å². The van der Waals surface area contributed by atoms with Crippen LogP contribution in [0.2, 0.25) is 0 Å². The minimum atomic E-state index is -3.70. The monoisotopic (exact) mass is 249 g/mol. The van der Waals surface area contributed by atoms with Gasteiger partial charge in [0.05, 0.1) is 0 Å². The molecule has 1 aliphatic heterocycles. The van der Waals surface area contributed by atoms with E-state index >= 15 is 0 Å². The van der Waals surface area contributed by atoms with Crippen molar-refractivity contribution in [3.8, 4) is 0 Å². The van der Waals surface area contributed by atoms with E-state index in [1.54, 1.807) is 13.8 Å². The van der Waals surface area contributed by atoms with Gasteiger partial charge in [-0.25, -0.2) is 0 Å². The molecule has 0 radical (unpaired) electrons. The predicted octanol–water partition coefficient (Wildman–Crippen LogP) is -1.38. The summed E-state index contributed by atoms with van der Waals surface area (Å²) in [6, 6.07) is -1.14. The average molecular weight is 249 g/mol. The molecule has 0 aromatic heterocycles. The Morgan fingerprint density at radius 2 is 2.00 bits per heavy atom. The SMILES string of the molecule is CC(C)NS(=O)(=O)NC1CCC(=O)NC1=O. The van der Waals surface area contributed by atoms with Gasteiger partial charge in [-0.3, -0.25) is 14.9 Å². The minimum absolute atomic E-state index is 0.139. The van der Waals surface area contributed by atoms with E-state index in [4.69, 9.17) is 0 Å². The molecule has 0 bridgehead atoms. The van der Waals surface area contributed by atoms with E-state index in [9.17, 15) is 18.0 Å². The van der Waals surface area contributed by atoms with Crippen LogP contribution in [-0.4, -0.2) is 32.3 Å². The number of nitrogens with one attached hydrogen (secondary N) is 3. The van der Waals surface area contributed by atoms with Crippen molar-refractivity contribution < 1.29 is 18.0 Å². The molecule has 1 saturated heterocycles. The minimum Gasteiger partial charge on any atom is -0.295 e. The van der Waals surface area contributed by atoms with Crippen LogP contribution in [0.1, 0.15) is 26.7 Å². The highest BCUT2D eigenvalue weighted by molar-refractivity contribution is 7.87. The largest absolute Gasteiger partial charge is 0.295 e. The first-order valence-corrected chi connectivity index (χ1v) is 6.42. The third-order valence-corrected chi connectivity index (χ3v) is 3.30. The fourth-order valence-corrected chi connectivity index (χ4v) is 2.63. The fourth-order valence-electron chi connectivity index (χ4n) is 1.34. The Morgan fingerprint density at radius 1 is 1.38 bits per heavy atom. The zero-order valence-electron chi connectivity index (χ0n) is 9.11. The van der Waals surface area contributed by atoms with E-state index in [1.165, 1.54) is 0 Å². The maximum absolute atomic E-state index is 11.4. The second-order valence-electron chi connectivity index (χ2n) is 3.90. The summed E-state index contributed by atoms with van der Waals surface area (Å²) >= 11 is 0. The van der Waals surface area contributed by atoms with Gasteiger partial charge in [-0.15, -0.1) is 0 Å².